The highest BCUT2D eigenvalue weighted by Gasteiger charge is 2.10. The molecule has 19 heavy (non-hydrogen) atoms. The predicted molar refractivity (Wildman–Crippen MR) is 81.0 cm³/mol. The number of rotatable bonds is 4. The minimum Gasteiger partial charge on any atom is -0.388 e. The van der Waals surface area contributed by atoms with Gasteiger partial charge in [0.25, 0.3) is 0 Å². The van der Waals surface area contributed by atoms with E-state index in [9.17, 15) is 9.50 Å². The number of hydrogen-bond donors (Lipinski definition) is 1. The van der Waals surface area contributed by atoms with Crippen LogP contribution in [-0.2, 0) is 0 Å². The number of benzene rings is 2. The van der Waals surface area contributed by atoms with E-state index in [4.69, 9.17) is 0 Å². The summed E-state index contributed by atoms with van der Waals surface area (Å²) in [7, 11) is 0. The summed E-state index contributed by atoms with van der Waals surface area (Å²) in [5, 5.41) is 10.1. The zero-order chi connectivity index (χ0) is 13.8. The quantitative estimate of drug-likeness (QED) is 0.812. The van der Waals surface area contributed by atoms with Gasteiger partial charge in [0.1, 0.15) is 5.82 Å². The first-order chi connectivity index (χ1) is 9.06. The maximum Gasteiger partial charge on any atom is 0.126 e. The topological polar surface area (TPSA) is 20.2 Å². The molecule has 1 atom stereocenters. The Morgan fingerprint density at radius 1 is 1.21 bits per heavy atom. The highest BCUT2D eigenvalue weighted by atomic mass is 79.9. The summed E-state index contributed by atoms with van der Waals surface area (Å²) in [6, 6.07) is 12.7. The van der Waals surface area contributed by atoms with Crippen molar-refractivity contribution in [3.05, 3.63) is 63.9 Å². The third-order valence-electron chi connectivity index (χ3n) is 2.79. The lowest BCUT2D eigenvalue weighted by atomic mass is 10.1. The highest BCUT2D eigenvalue weighted by Crippen LogP contribution is 2.26. The van der Waals surface area contributed by atoms with E-state index in [-0.39, 0.29) is 5.82 Å². The van der Waals surface area contributed by atoms with Crippen molar-refractivity contribution < 1.29 is 9.50 Å². The average molecular weight is 341 g/mol. The summed E-state index contributed by atoms with van der Waals surface area (Å²) >= 11 is 4.96. The van der Waals surface area contributed by atoms with Crippen LogP contribution in [0.1, 0.15) is 17.2 Å². The molecule has 0 bridgehead atoms. The van der Waals surface area contributed by atoms with E-state index in [0.717, 1.165) is 14.9 Å². The van der Waals surface area contributed by atoms with Gasteiger partial charge in [-0.25, -0.2) is 4.39 Å². The van der Waals surface area contributed by atoms with Gasteiger partial charge < -0.3 is 5.11 Å². The SMILES string of the molecule is Cc1cc(C(O)CSc2ccc(Br)cc2)ccc1F. The smallest absolute Gasteiger partial charge is 0.126 e. The molecule has 0 spiro atoms. The number of hydrogen-bond acceptors (Lipinski definition) is 2. The first-order valence-electron chi connectivity index (χ1n) is 5.89. The molecule has 0 heterocycles. The average Bonchev–Trinajstić information content (AvgIpc) is 2.41. The van der Waals surface area contributed by atoms with Gasteiger partial charge in [-0.15, -0.1) is 11.8 Å². The van der Waals surface area contributed by atoms with Crippen LogP contribution in [0.4, 0.5) is 4.39 Å². The minimum absolute atomic E-state index is 0.239. The molecule has 2 aromatic carbocycles. The largest absolute Gasteiger partial charge is 0.388 e. The molecule has 1 N–H and O–H groups in total. The van der Waals surface area contributed by atoms with Gasteiger partial charge in [-0.2, -0.15) is 0 Å². The Morgan fingerprint density at radius 3 is 2.53 bits per heavy atom. The number of aliphatic hydroxyl groups is 1. The van der Waals surface area contributed by atoms with Crippen molar-refractivity contribution in [3.8, 4) is 0 Å². The van der Waals surface area contributed by atoms with Crippen molar-refractivity contribution in [1.82, 2.24) is 0 Å². The highest BCUT2D eigenvalue weighted by molar-refractivity contribution is 9.10. The van der Waals surface area contributed by atoms with Crippen LogP contribution in [0.15, 0.2) is 51.8 Å². The summed E-state index contributed by atoms with van der Waals surface area (Å²) in [5.74, 6) is 0.309. The zero-order valence-corrected chi connectivity index (χ0v) is 12.8. The van der Waals surface area contributed by atoms with E-state index in [1.54, 1.807) is 30.8 Å². The zero-order valence-electron chi connectivity index (χ0n) is 10.4. The van der Waals surface area contributed by atoms with E-state index in [0.29, 0.717) is 11.3 Å². The standard InChI is InChI=1S/C15H14BrFOS/c1-10-8-11(2-7-14(10)17)15(18)9-19-13-5-3-12(16)4-6-13/h2-8,15,18H,9H2,1H3. The van der Waals surface area contributed by atoms with Gasteiger partial charge in [0.05, 0.1) is 6.10 Å². The molecular weight excluding hydrogens is 327 g/mol. The van der Waals surface area contributed by atoms with E-state index in [2.05, 4.69) is 15.9 Å². The lowest BCUT2D eigenvalue weighted by molar-refractivity contribution is 0.204. The molecule has 4 heteroatoms. The lowest BCUT2D eigenvalue weighted by Gasteiger charge is -2.11. The van der Waals surface area contributed by atoms with Crippen LogP contribution in [0.3, 0.4) is 0 Å². The Balaban J connectivity index is 1.98. The molecular formula is C15H14BrFOS. The second-order valence-electron chi connectivity index (χ2n) is 4.29. The molecule has 0 aliphatic heterocycles. The minimum atomic E-state index is -0.590. The molecule has 0 radical (unpaired) electrons. The molecule has 0 amide bonds. The van der Waals surface area contributed by atoms with Crippen LogP contribution in [-0.4, -0.2) is 10.9 Å². The molecule has 1 unspecified atom stereocenters. The molecule has 0 aliphatic carbocycles. The van der Waals surface area contributed by atoms with Gasteiger partial charge in [0.2, 0.25) is 0 Å². The molecule has 2 aromatic rings. The second kappa shape index (κ2) is 6.55. The third kappa shape index (κ3) is 4.06. The molecule has 0 saturated heterocycles. The van der Waals surface area contributed by atoms with Crippen LogP contribution >= 0.6 is 27.7 Å². The molecule has 0 aromatic heterocycles. The van der Waals surface area contributed by atoms with Gasteiger partial charge >= 0.3 is 0 Å². The summed E-state index contributed by atoms with van der Waals surface area (Å²) in [4.78, 5) is 1.10. The van der Waals surface area contributed by atoms with Crippen LogP contribution < -0.4 is 0 Å². The van der Waals surface area contributed by atoms with Crippen LogP contribution in [0.2, 0.25) is 0 Å². The predicted octanol–water partition coefficient (Wildman–Crippen LogP) is 4.72. The van der Waals surface area contributed by atoms with Crippen molar-refractivity contribution in [2.24, 2.45) is 0 Å². The van der Waals surface area contributed by atoms with E-state index in [1.165, 1.54) is 6.07 Å². The second-order valence-corrected chi connectivity index (χ2v) is 6.30. The monoisotopic (exact) mass is 340 g/mol. The van der Waals surface area contributed by atoms with Gasteiger partial charge in [0, 0.05) is 15.1 Å². The Kier molecular flexibility index (Phi) is 5.02. The van der Waals surface area contributed by atoms with Crippen molar-refractivity contribution in [3.63, 3.8) is 0 Å². The van der Waals surface area contributed by atoms with Crippen molar-refractivity contribution in [2.75, 3.05) is 5.75 Å². The Hall–Kier alpha value is -0.840. The van der Waals surface area contributed by atoms with Crippen molar-refractivity contribution in [2.45, 2.75) is 17.9 Å². The molecule has 0 aliphatic rings. The lowest BCUT2D eigenvalue weighted by Crippen LogP contribution is -2.01. The normalized spacial score (nSPS) is 12.4. The first kappa shape index (κ1) is 14.6. The van der Waals surface area contributed by atoms with E-state index < -0.39 is 6.10 Å². The fraction of sp³-hybridized carbons (Fsp3) is 0.200. The third-order valence-corrected chi connectivity index (χ3v) is 4.40. The number of aliphatic hydroxyl groups excluding tert-OH is 1. The summed E-state index contributed by atoms with van der Waals surface area (Å²) in [6.07, 6.45) is -0.590. The fourth-order valence-corrected chi connectivity index (χ4v) is 2.81. The van der Waals surface area contributed by atoms with E-state index in [1.807, 2.05) is 24.3 Å². The van der Waals surface area contributed by atoms with E-state index >= 15 is 0 Å². The van der Waals surface area contributed by atoms with Crippen molar-refractivity contribution >= 4 is 27.7 Å². The maximum absolute atomic E-state index is 13.2. The maximum atomic E-state index is 13.2. The Morgan fingerprint density at radius 2 is 1.89 bits per heavy atom. The van der Waals surface area contributed by atoms with Crippen LogP contribution in [0, 0.1) is 12.7 Å². The molecule has 1 nitrogen and oxygen atoms in total. The Labute approximate surface area is 125 Å². The van der Waals surface area contributed by atoms with Crippen molar-refractivity contribution in [1.29, 1.82) is 0 Å². The van der Waals surface area contributed by atoms with Crippen LogP contribution in [0.25, 0.3) is 0 Å². The van der Waals surface area contributed by atoms with Gasteiger partial charge in [-0.05, 0) is 48.4 Å². The first-order valence-corrected chi connectivity index (χ1v) is 7.66. The summed E-state index contributed by atoms with van der Waals surface area (Å²) in [5.41, 5.74) is 1.31. The summed E-state index contributed by atoms with van der Waals surface area (Å²) < 4.78 is 14.2. The molecule has 0 saturated carbocycles. The summed E-state index contributed by atoms with van der Waals surface area (Å²) in [6.45, 7) is 1.70. The van der Waals surface area contributed by atoms with Gasteiger partial charge in [-0.1, -0.05) is 28.1 Å². The molecule has 100 valence electrons. The molecule has 2 rings (SSSR count). The van der Waals surface area contributed by atoms with Gasteiger partial charge in [0.15, 0.2) is 0 Å². The number of thioether (sulfide) groups is 1. The Bertz CT molecular complexity index is 557. The number of aryl methyl sites for hydroxylation is 1. The fourth-order valence-electron chi connectivity index (χ4n) is 1.68. The van der Waals surface area contributed by atoms with Crippen LogP contribution in [0.5, 0.6) is 0 Å². The molecule has 0 fully saturated rings. The number of halogens is 2. The van der Waals surface area contributed by atoms with Gasteiger partial charge in [-0.3, -0.25) is 0 Å².